The van der Waals surface area contributed by atoms with Crippen LogP contribution < -0.4 is 10.1 Å². The molecule has 104 valence electrons. The predicted octanol–water partition coefficient (Wildman–Crippen LogP) is 4.33. The molecule has 0 aliphatic rings. The van der Waals surface area contributed by atoms with Crippen molar-refractivity contribution < 1.29 is 14.1 Å². The molecule has 2 aromatic carbocycles. The Bertz CT molecular complexity index is 664. The molecular weight excluding hydrogens is 331 g/mol. The zero-order valence-corrected chi connectivity index (χ0v) is 12.0. The van der Waals surface area contributed by atoms with Gasteiger partial charge in [-0.3, -0.25) is 10.1 Å². The number of hydrogen-bond donors (Lipinski definition) is 1. The van der Waals surface area contributed by atoms with Crippen LogP contribution in [0.1, 0.15) is 0 Å². The Morgan fingerprint density at radius 3 is 2.65 bits per heavy atom. The maximum atomic E-state index is 13.7. The summed E-state index contributed by atoms with van der Waals surface area (Å²) in [5.74, 6) is -0.377. The van der Waals surface area contributed by atoms with E-state index in [-0.39, 0.29) is 17.2 Å². The standard InChI is InChI=1S/C13H10BrFN2O3/c1-16-9-5-10(17(18)19)7-11(6-9)20-13-3-2-8(14)4-12(13)15/h2-7,16H,1H3. The molecule has 5 nitrogen and oxygen atoms in total. The zero-order chi connectivity index (χ0) is 14.7. The number of nitro groups is 1. The summed E-state index contributed by atoms with van der Waals surface area (Å²) < 4.78 is 19.6. The van der Waals surface area contributed by atoms with Gasteiger partial charge in [0.2, 0.25) is 0 Å². The van der Waals surface area contributed by atoms with Gasteiger partial charge in [0.25, 0.3) is 5.69 Å². The van der Waals surface area contributed by atoms with Gasteiger partial charge in [-0.1, -0.05) is 15.9 Å². The van der Waals surface area contributed by atoms with Crippen LogP contribution in [-0.4, -0.2) is 12.0 Å². The minimum Gasteiger partial charge on any atom is -0.454 e. The lowest BCUT2D eigenvalue weighted by Crippen LogP contribution is -1.95. The largest absolute Gasteiger partial charge is 0.454 e. The van der Waals surface area contributed by atoms with Crippen LogP contribution in [-0.2, 0) is 0 Å². The second-order valence-corrected chi connectivity index (χ2v) is 4.82. The summed E-state index contributed by atoms with van der Waals surface area (Å²) in [6.45, 7) is 0. The molecule has 0 spiro atoms. The Morgan fingerprint density at radius 2 is 2.05 bits per heavy atom. The molecule has 0 atom stereocenters. The van der Waals surface area contributed by atoms with E-state index in [2.05, 4.69) is 21.2 Å². The topological polar surface area (TPSA) is 64.4 Å². The van der Waals surface area contributed by atoms with Gasteiger partial charge in [0.05, 0.1) is 11.0 Å². The molecule has 2 rings (SSSR count). The molecule has 0 saturated heterocycles. The molecule has 0 unspecified atom stereocenters. The van der Waals surface area contributed by atoms with Gasteiger partial charge in [0.1, 0.15) is 5.75 Å². The fourth-order valence-electron chi connectivity index (χ4n) is 1.58. The molecule has 0 bridgehead atoms. The predicted molar refractivity (Wildman–Crippen MR) is 76.8 cm³/mol. The molecule has 20 heavy (non-hydrogen) atoms. The third-order valence-corrected chi connectivity index (χ3v) is 3.01. The number of rotatable bonds is 4. The van der Waals surface area contributed by atoms with Crippen molar-refractivity contribution in [3.05, 3.63) is 56.8 Å². The highest BCUT2D eigenvalue weighted by Gasteiger charge is 2.12. The molecule has 2 aromatic rings. The highest BCUT2D eigenvalue weighted by Crippen LogP contribution is 2.31. The second kappa shape index (κ2) is 5.87. The van der Waals surface area contributed by atoms with Gasteiger partial charge in [-0.25, -0.2) is 4.39 Å². The summed E-state index contributed by atoms with van der Waals surface area (Å²) in [4.78, 5) is 10.3. The van der Waals surface area contributed by atoms with Crippen LogP contribution in [0.25, 0.3) is 0 Å². The average Bonchev–Trinajstić information content (AvgIpc) is 2.41. The summed E-state index contributed by atoms with van der Waals surface area (Å²) in [6, 6.07) is 8.47. The Hall–Kier alpha value is -2.15. The molecular formula is C13H10BrFN2O3. The first-order valence-corrected chi connectivity index (χ1v) is 6.39. The van der Waals surface area contributed by atoms with Crippen molar-refractivity contribution in [1.82, 2.24) is 0 Å². The van der Waals surface area contributed by atoms with E-state index in [1.54, 1.807) is 19.2 Å². The lowest BCUT2D eigenvalue weighted by molar-refractivity contribution is -0.384. The van der Waals surface area contributed by atoms with E-state index in [0.717, 1.165) is 0 Å². The molecule has 0 aliphatic heterocycles. The van der Waals surface area contributed by atoms with Crippen molar-refractivity contribution in [3.8, 4) is 11.5 Å². The highest BCUT2D eigenvalue weighted by atomic mass is 79.9. The van der Waals surface area contributed by atoms with E-state index in [4.69, 9.17) is 4.74 Å². The SMILES string of the molecule is CNc1cc(Oc2ccc(Br)cc2F)cc([N+](=O)[O-])c1. The van der Waals surface area contributed by atoms with Crippen LogP contribution in [0.2, 0.25) is 0 Å². The normalized spacial score (nSPS) is 10.2. The van der Waals surface area contributed by atoms with Crippen LogP contribution in [0.5, 0.6) is 11.5 Å². The molecule has 0 aliphatic carbocycles. The first kappa shape index (κ1) is 14.3. The van der Waals surface area contributed by atoms with Crippen molar-refractivity contribution in [1.29, 1.82) is 0 Å². The van der Waals surface area contributed by atoms with Gasteiger partial charge in [-0.15, -0.1) is 0 Å². The average molecular weight is 341 g/mol. The van der Waals surface area contributed by atoms with Crippen molar-refractivity contribution in [3.63, 3.8) is 0 Å². The number of halogens is 2. The number of nitrogens with one attached hydrogen (secondary N) is 1. The monoisotopic (exact) mass is 340 g/mol. The maximum Gasteiger partial charge on any atom is 0.275 e. The fourth-order valence-corrected chi connectivity index (χ4v) is 1.91. The molecule has 1 N–H and O–H groups in total. The quantitative estimate of drug-likeness (QED) is 0.664. The smallest absolute Gasteiger partial charge is 0.275 e. The van der Waals surface area contributed by atoms with E-state index >= 15 is 0 Å². The first-order valence-electron chi connectivity index (χ1n) is 5.60. The van der Waals surface area contributed by atoms with Gasteiger partial charge >= 0.3 is 0 Å². The Labute approximate surface area is 122 Å². The van der Waals surface area contributed by atoms with E-state index < -0.39 is 10.7 Å². The van der Waals surface area contributed by atoms with Gasteiger partial charge in [0.15, 0.2) is 11.6 Å². The molecule has 0 amide bonds. The van der Waals surface area contributed by atoms with Crippen LogP contribution in [0.4, 0.5) is 15.8 Å². The number of anilines is 1. The minimum absolute atomic E-state index is 0.00393. The highest BCUT2D eigenvalue weighted by molar-refractivity contribution is 9.10. The molecule has 0 fully saturated rings. The second-order valence-electron chi connectivity index (χ2n) is 3.90. The van der Waals surface area contributed by atoms with Gasteiger partial charge < -0.3 is 10.1 Å². The number of nitrogens with zero attached hydrogens (tertiary/aromatic N) is 1. The van der Waals surface area contributed by atoms with Crippen molar-refractivity contribution >= 4 is 27.3 Å². The number of benzene rings is 2. The summed E-state index contributed by atoms with van der Waals surface area (Å²) in [6.07, 6.45) is 0. The van der Waals surface area contributed by atoms with Crippen molar-refractivity contribution in [2.75, 3.05) is 12.4 Å². The zero-order valence-electron chi connectivity index (χ0n) is 10.4. The van der Waals surface area contributed by atoms with Gasteiger partial charge in [-0.2, -0.15) is 0 Å². The van der Waals surface area contributed by atoms with Crippen LogP contribution >= 0.6 is 15.9 Å². The van der Waals surface area contributed by atoms with E-state index in [9.17, 15) is 14.5 Å². The third kappa shape index (κ3) is 3.24. The number of hydrogen-bond acceptors (Lipinski definition) is 4. The summed E-state index contributed by atoms with van der Waals surface area (Å²) in [5, 5.41) is 13.6. The number of non-ortho nitro benzene ring substituents is 1. The Balaban J connectivity index is 2.37. The molecule has 7 heteroatoms. The van der Waals surface area contributed by atoms with Gasteiger partial charge in [0, 0.05) is 29.3 Å². The van der Waals surface area contributed by atoms with Gasteiger partial charge in [-0.05, 0) is 18.2 Å². The van der Waals surface area contributed by atoms with Crippen molar-refractivity contribution in [2.24, 2.45) is 0 Å². The minimum atomic E-state index is -0.558. The van der Waals surface area contributed by atoms with E-state index in [1.165, 1.54) is 24.3 Å². The van der Waals surface area contributed by atoms with Crippen LogP contribution in [0.15, 0.2) is 40.9 Å². The Kier molecular flexibility index (Phi) is 4.19. The molecule has 0 radical (unpaired) electrons. The summed E-state index contributed by atoms with van der Waals surface area (Å²) in [5.41, 5.74) is 0.371. The lowest BCUT2D eigenvalue weighted by atomic mass is 10.2. The fraction of sp³-hybridized carbons (Fsp3) is 0.0769. The summed E-state index contributed by atoms with van der Waals surface area (Å²) in [7, 11) is 1.63. The van der Waals surface area contributed by atoms with Crippen LogP contribution in [0.3, 0.4) is 0 Å². The maximum absolute atomic E-state index is 13.7. The Morgan fingerprint density at radius 1 is 1.30 bits per heavy atom. The number of ether oxygens (including phenoxy) is 1. The number of nitro benzene ring substituents is 1. The van der Waals surface area contributed by atoms with Crippen LogP contribution in [0, 0.1) is 15.9 Å². The molecule has 0 aromatic heterocycles. The molecule has 0 heterocycles. The third-order valence-electron chi connectivity index (χ3n) is 2.51. The van der Waals surface area contributed by atoms with E-state index in [0.29, 0.717) is 10.2 Å². The lowest BCUT2D eigenvalue weighted by Gasteiger charge is -2.09. The first-order chi connectivity index (χ1) is 9.49. The summed E-state index contributed by atoms with van der Waals surface area (Å²) >= 11 is 3.14. The van der Waals surface area contributed by atoms with E-state index in [1.807, 2.05) is 0 Å². The molecule has 0 saturated carbocycles. The van der Waals surface area contributed by atoms with Crippen molar-refractivity contribution in [2.45, 2.75) is 0 Å².